The third-order valence-electron chi connectivity index (χ3n) is 5.40. The highest BCUT2D eigenvalue weighted by Crippen LogP contribution is 2.34. The Morgan fingerprint density at radius 3 is 2.38 bits per heavy atom. The van der Waals surface area contributed by atoms with Crippen LogP contribution in [0.2, 0.25) is 0 Å². The third-order valence-corrected chi connectivity index (χ3v) is 5.40. The fourth-order valence-corrected chi connectivity index (χ4v) is 3.93. The Morgan fingerprint density at radius 2 is 1.69 bits per heavy atom. The highest BCUT2D eigenvalue weighted by Gasteiger charge is 2.30. The van der Waals surface area contributed by atoms with Crippen LogP contribution in [0.5, 0.6) is 11.5 Å². The molecular weight excluding hydrogens is 364 g/mol. The molecule has 1 unspecified atom stereocenters. The number of carboxylic acid groups (broad SMARTS) is 1. The molecule has 3 aromatic rings. The van der Waals surface area contributed by atoms with Gasteiger partial charge in [0.1, 0.15) is 11.5 Å². The second-order valence-corrected chi connectivity index (χ2v) is 7.32. The molecule has 1 aliphatic heterocycles. The average molecular weight is 388 g/mol. The molecule has 29 heavy (non-hydrogen) atoms. The minimum atomic E-state index is -0.694. The third kappa shape index (κ3) is 4.63. The maximum Gasteiger partial charge on any atom is 0.306 e. The second kappa shape index (κ2) is 8.88. The van der Waals surface area contributed by atoms with Gasteiger partial charge < -0.3 is 9.84 Å². The lowest BCUT2D eigenvalue weighted by Crippen LogP contribution is -2.39. The number of hydrogen-bond acceptors (Lipinski definition) is 4. The fraction of sp³-hybridized carbons (Fsp3) is 0.250. The summed E-state index contributed by atoms with van der Waals surface area (Å²) >= 11 is 0. The zero-order valence-corrected chi connectivity index (χ0v) is 16.1. The molecule has 1 fully saturated rings. The molecule has 1 aliphatic rings. The van der Waals surface area contributed by atoms with Gasteiger partial charge in [-0.25, -0.2) is 0 Å². The predicted molar refractivity (Wildman–Crippen MR) is 111 cm³/mol. The smallest absolute Gasteiger partial charge is 0.306 e. The number of aliphatic carboxylic acids is 1. The summed E-state index contributed by atoms with van der Waals surface area (Å²) in [6, 6.07) is 21.9. The van der Waals surface area contributed by atoms with Gasteiger partial charge in [-0.1, -0.05) is 36.4 Å². The molecule has 1 N–H and O–H groups in total. The van der Waals surface area contributed by atoms with Gasteiger partial charge >= 0.3 is 5.97 Å². The first-order valence-corrected chi connectivity index (χ1v) is 9.90. The number of aromatic nitrogens is 1. The number of pyridine rings is 1. The lowest BCUT2D eigenvalue weighted by Gasteiger charge is -2.37. The van der Waals surface area contributed by atoms with E-state index in [1.165, 1.54) is 0 Å². The Bertz CT molecular complexity index is 939. The van der Waals surface area contributed by atoms with E-state index in [9.17, 15) is 9.90 Å². The number of carbonyl (C=O) groups is 1. The molecule has 5 nitrogen and oxygen atoms in total. The highest BCUT2D eigenvalue weighted by atomic mass is 16.5. The standard InChI is InChI=1S/C24H24N2O3/c27-24(28)18-11-14-26(15-12-18)23(20-7-5-13-25-17-20)19-6-4-10-22(16-19)29-21-8-2-1-3-9-21/h1-10,13,16-18,23H,11-12,14-15H2,(H,27,28). The van der Waals surface area contributed by atoms with E-state index in [1.807, 2.05) is 54.7 Å². The predicted octanol–water partition coefficient (Wildman–Crippen LogP) is 4.76. The lowest BCUT2D eigenvalue weighted by atomic mass is 9.92. The van der Waals surface area contributed by atoms with Crippen LogP contribution in [-0.2, 0) is 4.79 Å². The van der Waals surface area contributed by atoms with Crippen molar-refractivity contribution in [3.05, 3.63) is 90.3 Å². The summed E-state index contributed by atoms with van der Waals surface area (Å²) in [7, 11) is 0. The number of carboxylic acids is 1. The molecule has 148 valence electrons. The molecule has 0 amide bonds. The van der Waals surface area contributed by atoms with E-state index in [0.717, 1.165) is 35.7 Å². The maximum absolute atomic E-state index is 11.3. The molecule has 4 rings (SSSR count). The van der Waals surface area contributed by atoms with Crippen molar-refractivity contribution in [2.45, 2.75) is 18.9 Å². The monoisotopic (exact) mass is 388 g/mol. The van der Waals surface area contributed by atoms with Crippen LogP contribution in [0.4, 0.5) is 0 Å². The summed E-state index contributed by atoms with van der Waals surface area (Å²) in [5.74, 6) is 0.627. The van der Waals surface area contributed by atoms with Gasteiger partial charge in [0.25, 0.3) is 0 Å². The van der Waals surface area contributed by atoms with Gasteiger partial charge in [0.05, 0.1) is 12.0 Å². The molecule has 0 bridgehead atoms. The number of piperidine rings is 1. The van der Waals surface area contributed by atoms with Crippen LogP contribution in [0.15, 0.2) is 79.1 Å². The summed E-state index contributed by atoms with van der Waals surface area (Å²) < 4.78 is 6.03. The second-order valence-electron chi connectivity index (χ2n) is 7.32. The number of para-hydroxylation sites is 1. The summed E-state index contributed by atoms with van der Waals surface area (Å²) in [6.07, 6.45) is 4.98. The number of hydrogen-bond donors (Lipinski definition) is 1. The summed E-state index contributed by atoms with van der Waals surface area (Å²) in [5.41, 5.74) is 2.21. The van der Waals surface area contributed by atoms with E-state index in [4.69, 9.17) is 4.74 Å². The Morgan fingerprint density at radius 1 is 0.966 bits per heavy atom. The van der Waals surface area contributed by atoms with Crippen molar-refractivity contribution in [2.24, 2.45) is 5.92 Å². The number of ether oxygens (including phenoxy) is 1. The SMILES string of the molecule is O=C(O)C1CCN(C(c2cccnc2)c2cccc(Oc3ccccc3)c2)CC1. The Balaban J connectivity index is 1.62. The molecule has 2 aromatic carbocycles. The lowest BCUT2D eigenvalue weighted by molar-refractivity contribution is -0.143. The van der Waals surface area contributed by atoms with E-state index >= 15 is 0 Å². The highest BCUT2D eigenvalue weighted by molar-refractivity contribution is 5.70. The molecule has 2 heterocycles. The number of benzene rings is 2. The van der Waals surface area contributed by atoms with Crippen molar-refractivity contribution in [3.8, 4) is 11.5 Å². The first-order chi connectivity index (χ1) is 14.2. The fourth-order valence-electron chi connectivity index (χ4n) is 3.93. The van der Waals surface area contributed by atoms with Crippen LogP contribution in [0.25, 0.3) is 0 Å². The zero-order valence-electron chi connectivity index (χ0n) is 16.1. The number of nitrogens with zero attached hydrogens (tertiary/aromatic N) is 2. The van der Waals surface area contributed by atoms with E-state index in [2.05, 4.69) is 28.1 Å². The van der Waals surface area contributed by atoms with E-state index < -0.39 is 5.97 Å². The van der Waals surface area contributed by atoms with Gasteiger partial charge in [-0.2, -0.15) is 0 Å². The van der Waals surface area contributed by atoms with Crippen molar-refractivity contribution in [1.29, 1.82) is 0 Å². The molecule has 5 heteroatoms. The quantitative estimate of drug-likeness (QED) is 0.660. The van der Waals surface area contributed by atoms with Crippen LogP contribution >= 0.6 is 0 Å². The maximum atomic E-state index is 11.3. The van der Waals surface area contributed by atoms with Crippen molar-refractivity contribution in [2.75, 3.05) is 13.1 Å². The van der Waals surface area contributed by atoms with Crippen molar-refractivity contribution >= 4 is 5.97 Å². The topological polar surface area (TPSA) is 62.7 Å². The van der Waals surface area contributed by atoms with Crippen LogP contribution in [0.3, 0.4) is 0 Å². The van der Waals surface area contributed by atoms with Gasteiger partial charge in [-0.05, 0) is 67.4 Å². The van der Waals surface area contributed by atoms with Gasteiger partial charge in [-0.3, -0.25) is 14.7 Å². The Labute approximate surface area is 170 Å². The molecule has 0 radical (unpaired) electrons. The minimum absolute atomic E-state index is 0.0118. The molecule has 1 atom stereocenters. The van der Waals surface area contributed by atoms with Crippen LogP contribution in [0, 0.1) is 5.92 Å². The van der Waals surface area contributed by atoms with Crippen molar-refractivity contribution < 1.29 is 14.6 Å². The number of rotatable bonds is 6. The van der Waals surface area contributed by atoms with Crippen LogP contribution in [0.1, 0.15) is 30.0 Å². The summed E-state index contributed by atoms with van der Waals surface area (Å²) in [4.78, 5) is 18.0. The zero-order chi connectivity index (χ0) is 20.1. The summed E-state index contributed by atoms with van der Waals surface area (Å²) in [6.45, 7) is 1.47. The van der Waals surface area contributed by atoms with Gasteiger partial charge in [0.15, 0.2) is 0 Å². The first-order valence-electron chi connectivity index (χ1n) is 9.90. The normalized spacial score (nSPS) is 16.3. The molecule has 0 saturated carbocycles. The van der Waals surface area contributed by atoms with E-state index in [0.29, 0.717) is 12.8 Å². The molecule has 1 saturated heterocycles. The van der Waals surface area contributed by atoms with Crippen LogP contribution < -0.4 is 4.74 Å². The van der Waals surface area contributed by atoms with Gasteiger partial charge in [0, 0.05) is 12.4 Å². The summed E-state index contributed by atoms with van der Waals surface area (Å²) in [5, 5.41) is 9.33. The van der Waals surface area contributed by atoms with E-state index in [1.54, 1.807) is 6.20 Å². The van der Waals surface area contributed by atoms with Gasteiger partial charge in [0.2, 0.25) is 0 Å². The first kappa shape index (κ1) is 19.2. The molecule has 1 aromatic heterocycles. The molecule has 0 spiro atoms. The van der Waals surface area contributed by atoms with Crippen molar-refractivity contribution in [3.63, 3.8) is 0 Å². The number of likely N-dealkylation sites (tertiary alicyclic amines) is 1. The van der Waals surface area contributed by atoms with Crippen molar-refractivity contribution in [1.82, 2.24) is 9.88 Å². The van der Waals surface area contributed by atoms with Crippen LogP contribution in [-0.4, -0.2) is 34.0 Å². The molecular formula is C24H24N2O3. The minimum Gasteiger partial charge on any atom is -0.481 e. The molecule has 0 aliphatic carbocycles. The Hall–Kier alpha value is -3.18. The largest absolute Gasteiger partial charge is 0.481 e. The van der Waals surface area contributed by atoms with E-state index in [-0.39, 0.29) is 12.0 Å². The Kier molecular flexibility index (Phi) is 5.86. The van der Waals surface area contributed by atoms with Gasteiger partial charge in [-0.15, -0.1) is 0 Å². The average Bonchev–Trinajstić information content (AvgIpc) is 2.76.